The number of hydrogen-bond donors (Lipinski definition) is 1. The van der Waals surface area contributed by atoms with Gasteiger partial charge in [-0.3, -0.25) is 9.67 Å². The summed E-state index contributed by atoms with van der Waals surface area (Å²) >= 11 is 5.01. The lowest BCUT2D eigenvalue weighted by atomic mass is 10.2. The summed E-state index contributed by atoms with van der Waals surface area (Å²) in [5, 5.41) is 6.40. The van der Waals surface area contributed by atoms with Gasteiger partial charge in [0.2, 0.25) is 0 Å². The molecule has 1 heterocycles. The molecule has 0 unspecified atom stereocenters. The maximum atomic E-state index is 13.2. The van der Waals surface area contributed by atoms with E-state index in [9.17, 15) is 13.2 Å². The topological polar surface area (TPSA) is 42.8 Å². The van der Waals surface area contributed by atoms with Crippen molar-refractivity contribution in [3.63, 3.8) is 0 Å². The molecule has 2 rings (SSSR count). The predicted octanol–water partition coefficient (Wildman–Crippen LogP) is 2.67. The van der Waals surface area contributed by atoms with Crippen molar-refractivity contribution < 1.29 is 17.9 Å². The summed E-state index contributed by atoms with van der Waals surface area (Å²) in [4.78, 5) is 0. The van der Waals surface area contributed by atoms with E-state index in [1.807, 2.05) is 0 Å². The molecule has 0 radical (unpaired) electrons. The summed E-state index contributed by atoms with van der Waals surface area (Å²) in [5.41, 5.74) is 0.0971. The Bertz CT molecular complexity index is 630. The average molecular weight is 289 g/mol. The first kappa shape index (κ1) is 13.8. The van der Waals surface area contributed by atoms with Crippen LogP contribution in [0.3, 0.4) is 0 Å². The van der Waals surface area contributed by atoms with E-state index >= 15 is 0 Å². The molecule has 0 saturated carbocycles. The van der Waals surface area contributed by atoms with E-state index in [2.05, 4.69) is 10.2 Å². The van der Waals surface area contributed by atoms with Gasteiger partial charge in [-0.25, -0.2) is 13.2 Å². The van der Waals surface area contributed by atoms with E-state index in [1.165, 1.54) is 11.7 Å². The molecule has 1 aromatic carbocycles. The Hall–Kier alpha value is -1.67. The molecule has 1 N–H and O–H groups in total. The molecule has 0 aliphatic heterocycles. The molecule has 2 aromatic rings. The molecule has 102 valence electrons. The third-order valence-corrected chi connectivity index (χ3v) is 2.83. The van der Waals surface area contributed by atoms with Crippen LogP contribution in [-0.4, -0.2) is 28.5 Å². The lowest BCUT2D eigenvalue weighted by Gasteiger charge is -2.06. The minimum atomic E-state index is -1.51. The number of nitrogens with one attached hydrogen (secondary N) is 1. The first-order valence-corrected chi connectivity index (χ1v) is 5.74. The van der Waals surface area contributed by atoms with Crippen LogP contribution >= 0.6 is 12.2 Å². The molecule has 19 heavy (non-hydrogen) atoms. The first-order chi connectivity index (χ1) is 9.04. The van der Waals surface area contributed by atoms with Crippen LogP contribution in [0.4, 0.5) is 13.2 Å². The Balaban J connectivity index is 2.50. The smallest absolute Gasteiger partial charge is 0.195 e. The number of aromatic nitrogens is 3. The molecule has 0 amide bonds. The molecule has 0 atom stereocenters. The summed E-state index contributed by atoms with van der Waals surface area (Å²) in [6.45, 7) is 0.717. The van der Waals surface area contributed by atoms with Gasteiger partial charge in [-0.05, 0) is 24.4 Å². The van der Waals surface area contributed by atoms with E-state index in [4.69, 9.17) is 17.0 Å². The molecular weight excluding hydrogens is 279 g/mol. The van der Waals surface area contributed by atoms with Gasteiger partial charge in [0.25, 0.3) is 0 Å². The monoisotopic (exact) mass is 289 g/mol. The quantitative estimate of drug-likeness (QED) is 0.695. The number of benzene rings is 1. The van der Waals surface area contributed by atoms with Gasteiger partial charge < -0.3 is 4.74 Å². The van der Waals surface area contributed by atoms with E-state index in [1.54, 1.807) is 0 Å². The van der Waals surface area contributed by atoms with Crippen molar-refractivity contribution in [1.82, 2.24) is 14.8 Å². The number of H-pyrrole nitrogens is 1. The molecule has 0 aliphatic carbocycles. The second-order valence-electron chi connectivity index (χ2n) is 3.75. The van der Waals surface area contributed by atoms with Gasteiger partial charge in [0.1, 0.15) is 0 Å². The van der Waals surface area contributed by atoms with Gasteiger partial charge in [0, 0.05) is 12.7 Å². The lowest BCUT2D eigenvalue weighted by Crippen LogP contribution is -2.06. The van der Waals surface area contributed by atoms with Crippen LogP contribution < -0.4 is 0 Å². The lowest BCUT2D eigenvalue weighted by molar-refractivity contribution is 0.187. The van der Waals surface area contributed by atoms with Gasteiger partial charge in [0.05, 0.1) is 13.2 Å². The number of rotatable bonds is 4. The third-order valence-electron chi connectivity index (χ3n) is 2.52. The van der Waals surface area contributed by atoms with Gasteiger partial charge in [-0.2, -0.15) is 5.10 Å². The third kappa shape index (κ3) is 2.69. The molecule has 1 aromatic heterocycles. The second-order valence-corrected chi connectivity index (χ2v) is 4.14. The molecule has 8 heteroatoms. The standard InChI is InChI=1S/C11H10F3N3OS/c1-18-3-2-17-10(15-16-11(17)19)6-4-7(12)9(14)8(13)5-6/h4-5H,2-3H2,1H3,(H,16,19). The van der Waals surface area contributed by atoms with Gasteiger partial charge in [0.15, 0.2) is 28.0 Å². The Morgan fingerprint density at radius 2 is 1.95 bits per heavy atom. The van der Waals surface area contributed by atoms with Crippen molar-refractivity contribution >= 4 is 12.2 Å². The highest BCUT2D eigenvalue weighted by molar-refractivity contribution is 7.71. The second kappa shape index (κ2) is 5.54. The van der Waals surface area contributed by atoms with E-state index < -0.39 is 17.5 Å². The minimum absolute atomic E-state index is 0.0971. The number of aromatic amines is 1. The number of ether oxygens (including phenoxy) is 1. The normalized spacial score (nSPS) is 10.9. The molecule has 0 saturated heterocycles. The van der Waals surface area contributed by atoms with Crippen molar-refractivity contribution in [1.29, 1.82) is 0 Å². The van der Waals surface area contributed by atoms with Gasteiger partial charge in [-0.1, -0.05) is 0 Å². The van der Waals surface area contributed by atoms with Gasteiger partial charge >= 0.3 is 0 Å². The first-order valence-electron chi connectivity index (χ1n) is 5.33. The highest BCUT2D eigenvalue weighted by Gasteiger charge is 2.15. The Labute approximate surface area is 111 Å². The van der Waals surface area contributed by atoms with E-state index in [0.717, 1.165) is 12.1 Å². The van der Waals surface area contributed by atoms with Crippen molar-refractivity contribution in [2.75, 3.05) is 13.7 Å². The Kier molecular flexibility index (Phi) is 4.01. The number of halogens is 3. The number of nitrogens with zero attached hydrogens (tertiary/aromatic N) is 2. The number of hydrogen-bond acceptors (Lipinski definition) is 3. The highest BCUT2D eigenvalue weighted by atomic mass is 32.1. The summed E-state index contributed by atoms with van der Waals surface area (Å²) in [6.07, 6.45) is 0. The molecule has 0 fully saturated rings. The van der Waals surface area contributed by atoms with Crippen LogP contribution in [-0.2, 0) is 11.3 Å². The zero-order chi connectivity index (χ0) is 14.0. The summed E-state index contributed by atoms with van der Waals surface area (Å²) in [5.74, 6) is -3.84. The minimum Gasteiger partial charge on any atom is -0.383 e. The maximum Gasteiger partial charge on any atom is 0.195 e. The van der Waals surface area contributed by atoms with Crippen LogP contribution in [0.5, 0.6) is 0 Å². The van der Waals surface area contributed by atoms with Crippen molar-refractivity contribution in [2.45, 2.75) is 6.54 Å². The van der Waals surface area contributed by atoms with E-state index in [-0.39, 0.29) is 16.2 Å². The molecule has 0 aliphatic rings. The van der Waals surface area contributed by atoms with Gasteiger partial charge in [-0.15, -0.1) is 0 Å². The summed E-state index contributed by atoms with van der Waals surface area (Å²) in [6, 6.07) is 1.74. The maximum absolute atomic E-state index is 13.2. The molecule has 0 spiro atoms. The summed E-state index contributed by atoms with van der Waals surface area (Å²) < 4.78 is 46.0. The zero-order valence-corrected chi connectivity index (χ0v) is 10.7. The van der Waals surface area contributed by atoms with Crippen LogP contribution in [0, 0.1) is 22.2 Å². The summed E-state index contributed by atoms with van der Waals surface area (Å²) in [7, 11) is 1.51. The largest absolute Gasteiger partial charge is 0.383 e. The van der Waals surface area contributed by atoms with Crippen LogP contribution in [0.1, 0.15) is 0 Å². The van der Waals surface area contributed by atoms with Crippen molar-refractivity contribution in [3.05, 3.63) is 34.4 Å². The fraction of sp³-hybridized carbons (Fsp3) is 0.273. The van der Waals surface area contributed by atoms with Crippen LogP contribution in [0.25, 0.3) is 11.4 Å². The average Bonchev–Trinajstić information content (AvgIpc) is 2.74. The SMILES string of the molecule is COCCn1c(-c2cc(F)c(F)c(F)c2)n[nH]c1=S. The zero-order valence-electron chi connectivity index (χ0n) is 9.91. The van der Waals surface area contributed by atoms with Crippen LogP contribution in [0.2, 0.25) is 0 Å². The Morgan fingerprint density at radius 1 is 1.32 bits per heavy atom. The van der Waals surface area contributed by atoms with Crippen LogP contribution in [0.15, 0.2) is 12.1 Å². The van der Waals surface area contributed by atoms with E-state index in [0.29, 0.717) is 13.2 Å². The predicted molar refractivity (Wildman–Crippen MR) is 64.6 cm³/mol. The Morgan fingerprint density at radius 3 is 2.53 bits per heavy atom. The van der Waals surface area contributed by atoms with Crippen molar-refractivity contribution in [2.24, 2.45) is 0 Å². The number of methoxy groups -OCH3 is 1. The van der Waals surface area contributed by atoms with Crippen molar-refractivity contribution in [3.8, 4) is 11.4 Å². The highest BCUT2D eigenvalue weighted by Crippen LogP contribution is 2.22. The fourth-order valence-electron chi connectivity index (χ4n) is 1.61. The molecular formula is C11H10F3N3OS. The fourth-order valence-corrected chi connectivity index (χ4v) is 1.84. The molecule has 4 nitrogen and oxygen atoms in total. The molecule has 0 bridgehead atoms.